The number of amides is 1. The zero-order chi connectivity index (χ0) is 25.3. The van der Waals surface area contributed by atoms with Gasteiger partial charge in [-0.2, -0.15) is 5.26 Å². The number of thiocarbonyl (C=S) groups is 1. The maximum Gasteiger partial charge on any atom is 0.271 e. The SMILES string of the molecule is Cc1c(C(=O)CN2C(=O)/C(=C/c3ccc(Cl)cc3)SC2=S)c(O)n(CC2CCCO2)c(=O)c1C#N. The number of nitrogens with zero attached hydrogens (tertiary/aromatic N) is 3. The Morgan fingerprint density at radius 3 is 2.71 bits per heavy atom. The first-order valence-electron chi connectivity index (χ1n) is 10.7. The molecule has 0 bridgehead atoms. The molecule has 2 aliphatic rings. The van der Waals surface area contributed by atoms with Crippen molar-refractivity contribution in [3.05, 3.63) is 66.8 Å². The predicted molar refractivity (Wildman–Crippen MR) is 136 cm³/mol. The number of Topliss-reactive ketones (excluding diaryl/α,β-unsaturated/α-hetero) is 1. The van der Waals surface area contributed by atoms with E-state index in [0.29, 0.717) is 23.0 Å². The Labute approximate surface area is 215 Å². The summed E-state index contributed by atoms with van der Waals surface area (Å²) >= 11 is 12.3. The van der Waals surface area contributed by atoms with E-state index in [9.17, 15) is 24.8 Å². The normalized spacial score (nSPS) is 18.9. The molecule has 4 rings (SSSR count). The van der Waals surface area contributed by atoms with Crippen LogP contribution in [-0.2, 0) is 16.1 Å². The molecule has 35 heavy (non-hydrogen) atoms. The number of hydrogen-bond donors (Lipinski definition) is 1. The maximum atomic E-state index is 13.3. The smallest absolute Gasteiger partial charge is 0.271 e. The fraction of sp³-hybridized carbons (Fsp3) is 0.292. The molecule has 0 spiro atoms. The van der Waals surface area contributed by atoms with Gasteiger partial charge in [0.25, 0.3) is 11.5 Å². The van der Waals surface area contributed by atoms with Gasteiger partial charge in [-0.15, -0.1) is 0 Å². The van der Waals surface area contributed by atoms with Crippen LogP contribution in [0, 0.1) is 18.3 Å². The van der Waals surface area contributed by atoms with Crippen molar-refractivity contribution in [3.8, 4) is 11.9 Å². The van der Waals surface area contributed by atoms with Crippen LogP contribution >= 0.6 is 35.6 Å². The number of benzene rings is 1. The van der Waals surface area contributed by atoms with Gasteiger partial charge >= 0.3 is 0 Å². The highest BCUT2D eigenvalue weighted by atomic mass is 35.5. The van der Waals surface area contributed by atoms with Crippen molar-refractivity contribution < 1.29 is 19.4 Å². The van der Waals surface area contributed by atoms with Gasteiger partial charge in [0.2, 0.25) is 5.88 Å². The van der Waals surface area contributed by atoms with Crippen LogP contribution in [0.4, 0.5) is 0 Å². The second kappa shape index (κ2) is 10.3. The first-order valence-corrected chi connectivity index (χ1v) is 12.3. The van der Waals surface area contributed by atoms with E-state index < -0.39 is 29.7 Å². The Hall–Kier alpha value is -2.97. The molecule has 1 N–H and O–H groups in total. The Kier molecular flexibility index (Phi) is 7.42. The minimum absolute atomic E-state index is 0.0186. The summed E-state index contributed by atoms with van der Waals surface area (Å²) in [4.78, 5) is 40.6. The number of pyridine rings is 1. The van der Waals surface area contributed by atoms with E-state index in [0.717, 1.165) is 33.2 Å². The molecule has 180 valence electrons. The van der Waals surface area contributed by atoms with Crippen molar-refractivity contribution >= 4 is 57.7 Å². The Morgan fingerprint density at radius 1 is 1.37 bits per heavy atom. The lowest BCUT2D eigenvalue weighted by Crippen LogP contribution is -2.35. The van der Waals surface area contributed by atoms with E-state index in [4.69, 9.17) is 28.6 Å². The molecule has 0 radical (unpaired) electrons. The third kappa shape index (κ3) is 5.04. The first-order chi connectivity index (χ1) is 16.7. The van der Waals surface area contributed by atoms with E-state index >= 15 is 0 Å². The Morgan fingerprint density at radius 2 is 2.09 bits per heavy atom. The molecule has 11 heteroatoms. The van der Waals surface area contributed by atoms with Gasteiger partial charge in [0.15, 0.2) is 5.78 Å². The molecule has 1 aromatic carbocycles. The van der Waals surface area contributed by atoms with Gasteiger partial charge in [-0.25, -0.2) is 0 Å². The third-order valence-corrected chi connectivity index (χ3v) is 7.46. The standard InChI is InChI=1S/C24H20ClN3O5S2/c1-13-17(10-26)21(30)27(11-16-3-2-8-33-16)23(32)20(13)18(29)12-28-22(31)19(35-24(28)34)9-14-4-6-15(25)7-5-14/h4-7,9,16,32H,2-3,8,11-12H2,1H3/b19-9-. The van der Waals surface area contributed by atoms with Gasteiger partial charge in [-0.05, 0) is 49.1 Å². The fourth-order valence-corrected chi connectivity index (χ4v) is 5.40. The number of aromatic hydroxyl groups is 1. The minimum Gasteiger partial charge on any atom is -0.494 e. The highest BCUT2D eigenvalue weighted by molar-refractivity contribution is 8.26. The number of rotatable bonds is 6. The lowest BCUT2D eigenvalue weighted by atomic mass is 10.0. The average Bonchev–Trinajstić information content (AvgIpc) is 3.42. The van der Waals surface area contributed by atoms with Crippen LogP contribution in [0.5, 0.6) is 5.88 Å². The average molecular weight is 530 g/mol. The first kappa shape index (κ1) is 25.1. The van der Waals surface area contributed by atoms with E-state index in [1.165, 1.54) is 6.92 Å². The summed E-state index contributed by atoms with van der Waals surface area (Å²) in [6.45, 7) is 1.54. The van der Waals surface area contributed by atoms with Gasteiger partial charge < -0.3 is 9.84 Å². The van der Waals surface area contributed by atoms with Crippen molar-refractivity contribution in [1.29, 1.82) is 5.26 Å². The number of aromatic nitrogens is 1. The summed E-state index contributed by atoms with van der Waals surface area (Å²) in [6, 6.07) is 8.73. The molecular weight excluding hydrogens is 510 g/mol. The number of nitriles is 1. The van der Waals surface area contributed by atoms with Crippen molar-refractivity contribution in [2.75, 3.05) is 13.2 Å². The van der Waals surface area contributed by atoms with Gasteiger partial charge in [0.1, 0.15) is 16.0 Å². The van der Waals surface area contributed by atoms with Crippen molar-refractivity contribution in [1.82, 2.24) is 9.47 Å². The van der Waals surface area contributed by atoms with Crippen LogP contribution in [0.3, 0.4) is 0 Å². The fourth-order valence-electron chi connectivity index (χ4n) is 4.02. The molecule has 2 aromatic rings. The van der Waals surface area contributed by atoms with Crippen LogP contribution in [0.1, 0.15) is 39.9 Å². The molecular formula is C24H20ClN3O5S2. The van der Waals surface area contributed by atoms with E-state index in [1.54, 1.807) is 30.3 Å². The minimum atomic E-state index is -0.689. The topological polar surface area (TPSA) is 113 Å². The number of ketones is 1. The second-order valence-electron chi connectivity index (χ2n) is 8.10. The molecule has 2 aliphatic heterocycles. The summed E-state index contributed by atoms with van der Waals surface area (Å²) in [5.41, 5.74) is -0.307. The summed E-state index contributed by atoms with van der Waals surface area (Å²) in [6.07, 6.45) is 2.86. The van der Waals surface area contributed by atoms with Crippen LogP contribution in [0.2, 0.25) is 5.02 Å². The number of halogens is 1. The van der Waals surface area contributed by atoms with Crippen molar-refractivity contribution in [2.24, 2.45) is 0 Å². The quantitative estimate of drug-likeness (QED) is 0.343. The highest BCUT2D eigenvalue weighted by Gasteiger charge is 2.35. The molecule has 1 atom stereocenters. The molecule has 0 aliphatic carbocycles. The number of hydrogen-bond acceptors (Lipinski definition) is 8. The molecule has 8 nitrogen and oxygen atoms in total. The summed E-state index contributed by atoms with van der Waals surface area (Å²) < 4.78 is 6.74. The zero-order valence-electron chi connectivity index (χ0n) is 18.6. The van der Waals surface area contributed by atoms with Crippen molar-refractivity contribution in [3.63, 3.8) is 0 Å². The largest absolute Gasteiger partial charge is 0.494 e. The van der Waals surface area contributed by atoms with Gasteiger partial charge in [-0.3, -0.25) is 23.9 Å². The maximum absolute atomic E-state index is 13.3. The Bertz CT molecular complexity index is 1360. The van der Waals surface area contributed by atoms with Crippen LogP contribution in [0.25, 0.3) is 6.08 Å². The lowest BCUT2D eigenvalue weighted by molar-refractivity contribution is -0.121. The monoisotopic (exact) mass is 529 g/mol. The van der Waals surface area contributed by atoms with Gasteiger partial charge in [0.05, 0.1) is 29.7 Å². The molecule has 2 saturated heterocycles. The number of carbonyl (C=O) groups is 2. The molecule has 1 unspecified atom stereocenters. The molecule has 1 amide bonds. The van der Waals surface area contributed by atoms with Gasteiger partial charge in [-0.1, -0.05) is 47.7 Å². The molecule has 2 fully saturated rings. The van der Waals surface area contributed by atoms with Crippen LogP contribution < -0.4 is 5.56 Å². The van der Waals surface area contributed by atoms with E-state index in [2.05, 4.69) is 0 Å². The van der Waals surface area contributed by atoms with Crippen LogP contribution in [0.15, 0.2) is 34.0 Å². The molecule has 3 heterocycles. The summed E-state index contributed by atoms with van der Waals surface area (Å²) in [5.74, 6) is -1.63. The highest BCUT2D eigenvalue weighted by Crippen LogP contribution is 2.33. The third-order valence-electron chi connectivity index (χ3n) is 5.83. The summed E-state index contributed by atoms with van der Waals surface area (Å²) in [5, 5.41) is 21.0. The predicted octanol–water partition coefficient (Wildman–Crippen LogP) is 3.65. The number of thioether (sulfide) groups is 1. The summed E-state index contributed by atoms with van der Waals surface area (Å²) in [7, 11) is 0. The number of carbonyl (C=O) groups excluding carboxylic acids is 2. The van der Waals surface area contributed by atoms with E-state index in [-0.39, 0.29) is 33.7 Å². The Balaban J connectivity index is 1.63. The second-order valence-corrected chi connectivity index (χ2v) is 10.2. The van der Waals surface area contributed by atoms with E-state index in [1.807, 2.05) is 6.07 Å². The number of ether oxygens (including phenoxy) is 1. The lowest BCUT2D eigenvalue weighted by Gasteiger charge is -2.19. The molecule has 0 saturated carbocycles. The zero-order valence-corrected chi connectivity index (χ0v) is 21.0. The van der Waals surface area contributed by atoms with Crippen LogP contribution in [-0.4, -0.2) is 49.8 Å². The molecule has 1 aromatic heterocycles. The van der Waals surface area contributed by atoms with Gasteiger partial charge in [0, 0.05) is 11.6 Å². The van der Waals surface area contributed by atoms with Crippen molar-refractivity contribution in [2.45, 2.75) is 32.4 Å².